The Morgan fingerprint density at radius 3 is 2.17 bits per heavy atom. The lowest BCUT2D eigenvalue weighted by atomic mass is 9.91. The molecule has 1 aromatic heterocycles. The Labute approximate surface area is 196 Å². The van der Waals surface area contributed by atoms with E-state index in [1.807, 2.05) is 6.20 Å². The van der Waals surface area contributed by atoms with E-state index >= 15 is 0 Å². The number of guanidine groups is 1. The molecule has 5 nitrogen and oxygen atoms in total. The molecule has 30 heavy (non-hydrogen) atoms. The molecular weight excluding hydrogens is 485 g/mol. The Morgan fingerprint density at radius 1 is 1.00 bits per heavy atom. The van der Waals surface area contributed by atoms with E-state index in [9.17, 15) is 0 Å². The summed E-state index contributed by atoms with van der Waals surface area (Å²) < 4.78 is 0. The predicted molar refractivity (Wildman–Crippen MR) is 136 cm³/mol. The van der Waals surface area contributed by atoms with Crippen molar-refractivity contribution in [2.45, 2.75) is 32.6 Å². The van der Waals surface area contributed by atoms with Gasteiger partial charge in [0.15, 0.2) is 5.96 Å². The van der Waals surface area contributed by atoms with E-state index in [2.05, 4.69) is 95.3 Å². The van der Waals surface area contributed by atoms with Gasteiger partial charge in [-0.3, -0.25) is 10.1 Å². The first-order valence-electron chi connectivity index (χ1n) is 10.4. The van der Waals surface area contributed by atoms with E-state index in [1.54, 1.807) is 0 Å². The predicted octanol–water partition coefficient (Wildman–Crippen LogP) is 4.66. The molecule has 0 amide bonds. The van der Waals surface area contributed by atoms with Crippen LogP contribution in [0.2, 0.25) is 0 Å². The summed E-state index contributed by atoms with van der Waals surface area (Å²) in [7, 11) is 0. The highest BCUT2D eigenvalue weighted by molar-refractivity contribution is 14.0. The summed E-state index contributed by atoms with van der Waals surface area (Å²) >= 11 is 0. The number of benzene rings is 2. The van der Waals surface area contributed by atoms with Crippen molar-refractivity contribution in [1.82, 2.24) is 20.8 Å². The second-order valence-electron chi connectivity index (χ2n) is 7.14. The van der Waals surface area contributed by atoms with Crippen molar-refractivity contribution in [2.24, 2.45) is 4.99 Å². The van der Waals surface area contributed by atoms with Crippen molar-refractivity contribution in [2.75, 3.05) is 19.6 Å². The molecule has 160 valence electrons. The molecular formula is C24H32IN5. The summed E-state index contributed by atoms with van der Waals surface area (Å²) in [5.74, 6) is 1.11. The van der Waals surface area contributed by atoms with Gasteiger partial charge in [-0.1, -0.05) is 60.7 Å². The quantitative estimate of drug-likeness (QED) is 0.168. The van der Waals surface area contributed by atoms with Crippen LogP contribution in [0.5, 0.6) is 0 Å². The molecule has 0 bridgehead atoms. The minimum atomic E-state index is 0. The maximum atomic E-state index is 4.89. The molecule has 0 aliphatic heterocycles. The zero-order valence-corrected chi connectivity index (χ0v) is 20.1. The molecule has 0 saturated heterocycles. The van der Waals surface area contributed by atoms with Crippen LogP contribution < -0.4 is 10.6 Å². The third kappa shape index (κ3) is 7.16. The maximum Gasteiger partial charge on any atom is 0.191 e. The number of aromatic nitrogens is 2. The van der Waals surface area contributed by atoms with Gasteiger partial charge in [0.25, 0.3) is 0 Å². The minimum Gasteiger partial charge on any atom is -0.357 e. The van der Waals surface area contributed by atoms with E-state index in [4.69, 9.17) is 4.99 Å². The van der Waals surface area contributed by atoms with Gasteiger partial charge < -0.3 is 10.6 Å². The van der Waals surface area contributed by atoms with Gasteiger partial charge in [0, 0.05) is 24.7 Å². The number of aliphatic imine (C=N–C) groups is 1. The third-order valence-corrected chi connectivity index (χ3v) is 5.03. The molecule has 0 fully saturated rings. The standard InChI is InChI=1S/C24H31N5.HI/c1-3-25-24(26-16-10-15-22-17-28-29-19(22)2)27-18-23(20-11-6-4-7-12-20)21-13-8-5-9-14-21;/h4-9,11-14,17,23H,3,10,15-16,18H2,1-2H3,(H,28,29)(H2,25,26,27);1H. The van der Waals surface area contributed by atoms with Crippen molar-refractivity contribution in [3.63, 3.8) is 0 Å². The number of hydrogen-bond acceptors (Lipinski definition) is 2. The topological polar surface area (TPSA) is 65.1 Å². The van der Waals surface area contributed by atoms with Crippen LogP contribution >= 0.6 is 24.0 Å². The fourth-order valence-electron chi connectivity index (χ4n) is 3.41. The number of H-pyrrole nitrogens is 1. The smallest absolute Gasteiger partial charge is 0.191 e. The van der Waals surface area contributed by atoms with Gasteiger partial charge in [-0.2, -0.15) is 5.10 Å². The first kappa shape index (κ1) is 23.9. The van der Waals surface area contributed by atoms with Crippen molar-refractivity contribution in [3.8, 4) is 0 Å². The summed E-state index contributed by atoms with van der Waals surface area (Å²) in [6.45, 7) is 6.57. The fraction of sp³-hybridized carbons (Fsp3) is 0.333. The maximum absolute atomic E-state index is 4.89. The molecule has 0 saturated carbocycles. The highest BCUT2D eigenvalue weighted by Gasteiger charge is 2.13. The normalized spacial score (nSPS) is 11.2. The van der Waals surface area contributed by atoms with Crippen LogP contribution in [0.1, 0.15) is 41.6 Å². The molecule has 2 aromatic carbocycles. The van der Waals surface area contributed by atoms with E-state index in [0.29, 0.717) is 6.54 Å². The molecule has 3 N–H and O–H groups in total. The molecule has 0 radical (unpaired) electrons. The molecule has 1 heterocycles. The van der Waals surface area contributed by atoms with Gasteiger partial charge in [0.2, 0.25) is 0 Å². The number of hydrogen-bond donors (Lipinski definition) is 3. The lowest BCUT2D eigenvalue weighted by Crippen LogP contribution is -2.38. The highest BCUT2D eigenvalue weighted by Crippen LogP contribution is 2.24. The average molecular weight is 517 g/mol. The number of halogens is 1. The van der Waals surface area contributed by atoms with Crippen LogP contribution in [0.3, 0.4) is 0 Å². The van der Waals surface area contributed by atoms with Crippen molar-refractivity contribution < 1.29 is 0 Å². The molecule has 0 atom stereocenters. The molecule has 6 heteroatoms. The monoisotopic (exact) mass is 517 g/mol. The van der Waals surface area contributed by atoms with Gasteiger partial charge in [-0.05, 0) is 43.4 Å². The second kappa shape index (κ2) is 13.1. The Kier molecular flexibility index (Phi) is 10.4. The summed E-state index contributed by atoms with van der Waals surface area (Å²) in [5, 5.41) is 13.9. The molecule has 3 rings (SSSR count). The number of nitrogens with one attached hydrogen (secondary N) is 3. The summed E-state index contributed by atoms with van der Waals surface area (Å²) in [5.41, 5.74) is 5.00. The van der Waals surface area contributed by atoms with E-state index in [0.717, 1.165) is 37.6 Å². The highest BCUT2D eigenvalue weighted by atomic mass is 127. The van der Waals surface area contributed by atoms with Crippen LogP contribution in [-0.2, 0) is 6.42 Å². The third-order valence-electron chi connectivity index (χ3n) is 5.03. The first-order chi connectivity index (χ1) is 14.3. The molecule has 0 unspecified atom stereocenters. The zero-order valence-electron chi connectivity index (χ0n) is 17.8. The van der Waals surface area contributed by atoms with Gasteiger partial charge in [0.05, 0.1) is 12.7 Å². The number of aryl methyl sites for hydroxylation is 2. The van der Waals surface area contributed by atoms with Crippen molar-refractivity contribution in [3.05, 3.63) is 89.2 Å². The van der Waals surface area contributed by atoms with Crippen LogP contribution in [0.25, 0.3) is 0 Å². The summed E-state index contributed by atoms with van der Waals surface area (Å²) in [4.78, 5) is 4.89. The van der Waals surface area contributed by atoms with E-state index < -0.39 is 0 Å². The van der Waals surface area contributed by atoms with Crippen LogP contribution in [0.4, 0.5) is 0 Å². The number of rotatable bonds is 9. The summed E-state index contributed by atoms with van der Waals surface area (Å²) in [6, 6.07) is 21.2. The summed E-state index contributed by atoms with van der Waals surface area (Å²) in [6.07, 6.45) is 3.95. The van der Waals surface area contributed by atoms with Gasteiger partial charge in [-0.25, -0.2) is 0 Å². The molecule has 0 aliphatic rings. The Balaban J connectivity index is 0.00000320. The minimum absolute atomic E-state index is 0. The molecule has 3 aromatic rings. The van der Waals surface area contributed by atoms with Crippen molar-refractivity contribution >= 4 is 29.9 Å². The van der Waals surface area contributed by atoms with Crippen LogP contribution in [-0.4, -0.2) is 35.8 Å². The molecule has 0 spiro atoms. The van der Waals surface area contributed by atoms with Crippen molar-refractivity contribution in [1.29, 1.82) is 0 Å². The molecule has 0 aliphatic carbocycles. The van der Waals surface area contributed by atoms with Crippen LogP contribution in [0.15, 0.2) is 71.9 Å². The van der Waals surface area contributed by atoms with Gasteiger partial charge in [-0.15, -0.1) is 24.0 Å². The van der Waals surface area contributed by atoms with E-state index in [1.165, 1.54) is 16.7 Å². The lowest BCUT2D eigenvalue weighted by molar-refractivity contribution is 0.733. The Bertz CT molecular complexity index is 837. The van der Waals surface area contributed by atoms with Crippen LogP contribution in [0, 0.1) is 6.92 Å². The first-order valence-corrected chi connectivity index (χ1v) is 10.4. The Hall–Kier alpha value is -2.35. The fourth-order valence-corrected chi connectivity index (χ4v) is 3.41. The largest absolute Gasteiger partial charge is 0.357 e. The second-order valence-corrected chi connectivity index (χ2v) is 7.14. The Morgan fingerprint density at radius 2 is 1.63 bits per heavy atom. The van der Waals surface area contributed by atoms with Gasteiger partial charge >= 0.3 is 0 Å². The van der Waals surface area contributed by atoms with Gasteiger partial charge in [0.1, 0.15) is 0 Å². The SMILES string of the molecule is CCNC(=NCC(c1ccccc1)c1ccccc1)NCCCc1cn[nH]c1C.I. The zero-order chi connectivity index (χ0) is 20.3. The number of nitrogens with zero attached hydrogens (tertiary/aromatic N) is 2. The van der Waals surface area contributed by atoms with E-state index in [-0.39, 0.29) is 29.9 Å². The lowest BCUT2D eigenvalue weighted by Gasteiger charge is -2.18. The average Bonchev–Trinajstić information content (AvgIpc) is 3.17. The number of aromatic amines is 1.